The van der Waals surface area contributed by atoms with E-state index in [-0.39, 0.29) is 22.4 Å². The summed E-state index contributed by atoms with van der Waals surface area (Å²) in [6, 6.07) is 2.93. The predicted octanol–water partition coefficient (Wildman–Crippen LogP) is 4.17. The lowest BCUT2D eigenvalue weighted by Gasteiger charge is -2.20. The van der Waals surface area contributed by atoms with E-state index >= 15 is 0 Å². The van der Waals surface area contributed by atoms with Crippen molar-refractivity contribution in [3.05, 3.63) is 22.2 Å². The van der Waals surface area contributed by atoms with E-state index in [1.54, 1.807) is 0 Å². The second-order valence-electron chi connectivity index (χ2n) is 4.59. The molecule has 1 amide bonds. The van der Waals surface area contributed by atoms with E-state index in [0.29, 0.717) is 17.4 Å². The van der Waals surface area contributed by atoms with Crippen molar-refractivity contribution in [3.8, 4) is 5.75 Å². The van der Waals surface area contributed by atoms with Gasteiger partial charge in [0.1, 0.15) is 0 Å². The first-order valence-electron chi connectivity index (χ1n) is 6.12. The van der Waals surface area contributed by atoms with Gasteiger partial charge in [-0.2, -0.15) is 11.8 Å². The van der Waals surface area contributed by atoms with Gasteiger partial charge in [-0.15, -0.1) is 0 Å². The lowest BCUT2D eigenvalue weighted by Crippen LogP contribution is -2.19. The van der Waals surface area contributed by atoms with E-state index in [1.165, 1.54) is 12.1 Å². The lowest BCUT2D eigenvalue weighted by atomic mass is 9.98. The maximum absolute atomic E-state index is 11.9. The van der Waals surface area contributed by atoms with Crippen molar-refractivity contribution in [2.45, 2.75) is 19.3 Å². The molecule has 1 aliphatic rings. The average Bonchev–Trinajstić information content (AvgIpc) is 2.36. The van der Waals surface area contributed by atoms with Crippen molar-refractivity contribution >= 4 is 46.6 Å². The number of carbonyl (C=O) groups excluding carboxylic acids is 1. The maximum atomic E-state index is 11.9. The van der Waals surface area contributed by atoms with Crippen LogP contribution in [-0.2, 0) is 4.79 Å². The number of hydrogen-bond acceptors (Lipinski definition) is 3. The Bertz CT molecular complexity index is 476. The lowest BCUT2D eigenvalue weighted by molar-refractivity contribution is -0.117. The fourth-order valence-electron chi connectivity index (χ4n) is 2.08. The number of anilines is 1. The summed E-state index contributed by atoms with van der Waals surface area (Å²) in [5.74, 6) is 2.42. The third-order valence-electron chi connectivity index (χ3n) is 3.12. The summed E-state index contributed by atoms with van der Waals surface area (Å²) >= 11 is 13.6. The average molecular weight is 320 g/mol. The number of thioether (sulfide) groups is 1. The number of phenols is 1. The third kappa shape index (κ3) is 4.20. The van der Waals surface area contributed by atoms with Crippen molar-refractivity contribution in [1.29, 1.82) is 0 Å². The van der Waals surface area contributed by atoms with E-state index in [1.807, 2.05) is 11.8 Å². The van der Waals surface area contributed by atoms with E-state index < -0.39 is 0 Å². The predicted molar refractivity (Wildman–Crippen MR) is 81.4 cm³/mol. The number of amides is 1. The molecule has 1 aliphatic heterocycles. The van der Waals surface area contributed by atoms with Crippen molar-refractivity contribution in [3.63, 3.8) is 0 Å². The summed E-state index contributed by atoms with van der Waals surface area (Å²) in [4.78, 5) is 11.9. The Kier molecular flexibility index (Phi) is 5.25. The molecule has 0 radical (unpaired) electrons. The van der Waals surface area contributed by atoms with Gasteiger partial charge in [0.15, 0.2) is 5.75 Å². The summed E-state index contributed by atoms with van der Waals surface area (Å²) < 4.78 is 0. The molecule has 0 aromatic heterocycles. The molecule has 104 valence electrons. The molecule has 2 N–H and O–H groups in total. The second kappa shape index (κ2) is 6.73. The van der Waals surface area contributed by atoms with Gasteiger partial charge in [0.05, 0.1) is 10.7 Å². The fraction of sp³-hybridized carbons (Fsp3) is 0.462. The van der Waals surface area contributed by atoms with Gasteiger partial charge < -0.3 is 10.4 Å². The molecule has 1 fully saturated rings. The zero-order chi connectivity index (χ0) is 13.8. The van der Waals surface area contributed by atoms with Gasteiger partial charge in [0.25, 0.3) is 0 Å². The van der Waals surface area contributed by atoms with Crippen LogP contribution in [0.4, 0.5) is 5.69 Å². The Morgan fingerprint density at radius 1 is 1.37 bits per heavy atom. The van der Waals surface area contributed by atoms with E-state index in [4.69, 9.17) is 23.2 Å². The molecule has 0 atom stereocenters. The minimum atomic E-state index is -0.140. The zero-order valence-electron chi connectivity index (χ0n) is 10.3. The van der Waals surface area contributed by atoms with Crippen molar-refractivity contribution in [1.82, 2.24) is 0 Å². The van der Waals surface area contributed by atoms with Crippen LogP contribution in [0.2, 0.25) is 10.0 Å². The van der Waals surface area contributed by atoms with Gasteiger partial charge in [-0.25, -0.2) is 0 Å². The summed E-state index contributed by atoms with van der Waals surface area (Å²) in [6.07, 6.45) is 2.62. The van der Waals surface area contributed by atoms with E-state index in [2.05, 4.69) is 5.32 Å². The van der Waals surface area contributed by atoms with Crippen molar-refractivity contribution < 1.29 is 9.90 Å². The summed E-state index contributed by atoms with van der Waals surface area (Å²) in [5.41, 5.74) is 0.271. The van der Waals surface area contributed by atoms with Crippen LogP contribution < -0.4 is 5.32 Å². The number of rotatable bonds is 3. The van der Waals surface area contributed by atoms with Crippen LogP contribution in [0.5, 0.6) is 5.75 Å². The number of carbonyl (C=O) groups is 1. The van der Waals surface area contributed by atoms with Gasteiger partial charge >= 0.3 is 0 Å². The Morgan fingerprint density at radius 2 is 2.05 bits per heavy atom. The molecule has 3 nitrogen and oxygen atoms in total. The highest BCUT2D eigenvalue weighted by molar-refractivity contribution is 7.99. The zero-order valence-corrected chi connectivity index (χ0v) is 12.6. The smallest absolute Gasteiger partial charge is 0.224 e. The summed E-state index contributed by atoms with van der Waals surface area (Å²) in [6.45, 7) is 0. The van der Waals surface area contributed by atoms with Crippen LogP contribution in [0.25, 0.3) is 0 Å². The van der Waals surface area contributed by atoms with E-state index in [0.717, 1.165) is 24.3 Å². The van der Waals surface area contributed by atoms with Crippen LogP contribution in [0.1, 0.15) is 19.3 Å². The second-order valence-corrected chi connectivity index (χ2v) is 6.66. The van der Waals surface area contributed by atoms with Crippen LogP contribution in [0.3, 0.4) is 0 Å². The van der Waals surface area contributed by atoms with Crippen LogP contribution in [0.15, 0.2) is 12.1 Å². The molecule has 0 bridgehead atoms. The first kappa shape index (κ1) is 14.8. The van der Waals surface area contributed by atoms with Crippen LogP contribution in [-0.4, -0.2) is 22.5 Å². The minimum Gasteiger partial charge on any atom is -0.504 e. The largest absolute Gasteiger partial charge is 0.504 e. The highest BCUT2D eigenvalue weighted by Gasteiger charge is 2.18. The molecule has 1 aromatic carbocycles. The molecule has 0 unspecified atom stereocenters. The molecule has 0 spiro atoms. The molecule has 1 heterocycles. The SMILES string of the molecule is O=C(CC1CCSCC1)Nc1cc(Cl)cc(Cl)c1O. The third-order valence-corrected chi connectivity index (χ3v) is 4.67. The molecule has 6 heteroatoms. The molecule has 0 saturated carbocycles. The number of aromatic hydroxyl groups is 1. The van der Waals surface area contributed by atoms with Gasteiger partial charge in [-0.05, 0) is 42.4 Å². The number of nitrogens with one attached hydrogen (secondary N) is 1. The van der Waals surface area contributed by atoms with E-state index in [9.17, 15) is 9.90 Å². The molecule has 1 aromatic rings. The van der Waals surface area contributed by atoms with Gasteiger partial charge in [-0.1, -0.05) is 23.2 Å². The van der Waals surface area contributed by atoms with Gasteiger partial charge in [0.2, 0.25) is 5.91 Å². The Hall–Kier alpha value is -0.580. The molecule has 1 saturated heterocycles. The monoisotopic (exact) mass is 319 g/mol. The maximum Gasteiger partial charge on any atom is 0.224 e. The standard InChI is InChI=1S/C13H15Cl2NO2S/c14-9-6-10(15)13(18)11(7-9)16-12(17)5-8-1-3-19-4-2-8/h6-8,18H,1-5H2,(H,16,17). The van der Waals surface area contributed by atoms with Crippen LogP contribution >= 0.6 is 35.0 Å². The van der Waals surface area contributed by atoms with Gasteiger partial charge in [0, 0.05) is 11.4 Å². The topological polar surface area (TPSA) is 49.3 Å². The number of benzene rings is 1. The molecule has 2 rings (SSSR count). The highest BCUT2D eigenvalue weighted by Crippen LogP contribution is 2.35. The van der Waals surface area contributed by atoms with Crippen molar-refractivity contribution in [2.24, 2.45) is 5.92 Å². The molecular formula is C13H15Cl2NO2S. The first-order chi connectivity index (χ1) is 9.06. The molecule has 0 aliphatic carbocycles. The minimum absolute atomic E-state index is 0.106. The van der Waals surface area contributed by atoms with Gasteiger partial charge in [-0.3, -0.25) is 4.79 Å². The summed E-state index contributed by atoms with van der Waals surface area (Å²) in [5, 5.41) is 13.0. The normalized spacial score (nSPS) is 16.3. The highest BCUT2D eigenvalue weighted by atomic mass is 35.5. The molecular weight excluding hydrogens is 305 g/mol. The number of hydrogen-bond donors (Lipinski definition) is 2. The Labute approximate surface area is 126 Å². The Morgan fingerprint density at radius 3 is 2.74 bits per heavy atom. The number of phenolic OH excluding ortho intramolecular Hbond substituents is 1. The fourth-order valence-corrected chi connectivity index (χ4v) is 3.77. The number of halogens is 2. The molecule has 19 heavy (non-hydrogen) atoms. The Balaban J connectivity index is 1.98. The quantitative estimate of drug-likeness (QED) is 0.822. The summed E-state index contributed by atoms with van der Waals surface area (Å²) in [7, 11) is 0. The van der Waals surface area contributed by atoms with Crippen LogP contribution in [0, 0.1) is 5.92 Å². The first-order valence-corrected chi connectivity index (χ1v) is 8.03. The van der Waals surface area contributed by atoms with Crippen molar-refractivity contribution in [2.75, 3.05) is 16.8 Å².